The summed E-state index contributed by atoms with van der Waals surface area (Å²) in [5, 5.41) is 0.506. The highest BCUT2D eigenvalue weighted by Crippen LogP contribution is 2.29. The van der Waals surface area contributed by atoms with Crippen LogP contribution in [0.1, 0.15) is 18.9 Å². The Morgan fingerprint density at radius 2 is 1.81 bits per heavy atom. The summed E-state index contributed by atoms with van der Waals surface area (Å²) in [6.07, 6.45) is 2.88. The van der Waals surface area contributed by atoms with Gasteiger partial charge in [0.2, 0.25) is 10.0 Å². The molecule has 0 aromatic heterocycles. The summed E-state index contributed by atoms with van der Waals surface area (Å²) < 4.78 is 26.0. The molecule has 0 bridgehead atoms. The molecule has 1 amide bonds. The summed E-state index contributed by atoms with van der Waals surface area (Å²) in [7, 11) is -3.65. The number of amides is 1. The van der Waals surface area contributed by atoms with E-state index >= 15 is 0 Å². The molecule has 7 heteroatoms. The molecule has 138 valence electrons. The van der Waals surface area contributed by atoms with Gasteiger partial charge in [0.05, 0.1) is 11.9 Å². The number of hydrogen-bond donors (Lipinski definition) is 0. The van der Waals surface area contributed by atoms with Crippen LogP contribution in [0.5, 0.6) is 0 Å². The first kappa shape index (κ1) is 18.7. The number of hydrogen-bond acceptors (Lipinski definition) is 3. The summed E-state index contributed by atoms with van der Waals surface area (Å²) in [4.78, 5) is 14.9. The highest BCUT2D eigenvalue weighted by atomic mass is 35.5. The molecular weight excluding hydrogens is 372 g/mol. The van der Waals surface area contributed by atoms with Crippen molar-refractivity contribution in [3.05, 3.63) is 59.1 Å². The normalized spacial score (nSPS) is 15.3. The maximum atomic E-state index is 13.2. The second-order valence-corrected chi connectivity index (χ2v) is 8.73. The third kappa shape index (κ3) is 3.71. The van der Waals surface area contributed by atoms with Crippen molar-refractivity contribution in [2.24, 2.45) is 0 Å². The van der Waals surface area contributed by atoms with E-state index in [1.165, 1.54) is 0 Å². The second kappa shape index (κ2) is 7.29. The van der Waals surface area contributed by atoms with Gasteiger partial charge in [-0.2, -0.15) is 0 Å². The number of rotatable bonds is 4. The molecule has 0 aliphatic carbocycles. The van der Waals surface area contributed by atoms with Gasteiger partial charge in [-0.15, -0.1) is 0 Å². The zero-order valence-corrected chi connectivity index (χ0v) is 16.3. The Kier molecular flexibility index (Phi) is 5.25. The fourth-order valence-corrected chi connectivity index (χ4v) is 4.67. The van der Waals surface area contributed by atoms with Crippen molar-refractivity contribution in [1.29, 1.82) is 0 Å². The van der Waals surface area contributed by atoms with Crippen LogP contribution >= 0.6 is 11.6 Å². The molecule has 0 saturated carbocycles. The maximum Gasteiger partial charge on any atom is 0.250 e. The standard InChI is InChI=1S/C19H21ClN2O3S/c1-14(22(26(2,24)25)17-11-9-16(20)10-12-17)19(23)21-13-5-7-15-6-3-4-8-18(15)21/h3-4,6,8-12,14H,5,7,13H2,1-2H3/t14-/m1/s1. The van der Waals surface area contributed by atoms with E-state index in [4.69, 9.17) is 11.6 Å². The minimum absolute atomic E-state index is 0.238. The van der Waals surface area contributed by atoms with Crippen LogP contribution in [0.25, 0.3) is 0 Å². The van der Waals surface area contributed by atoms with E-state index in [2.05, 4.69) is 0 Å². The third-order valence-electron chi connectivity index (χ3n) is 4.52. The van der Waals surface area contributed by atoms with Crippen LogP contribution < -0.4 is 9.21 Å². The van der Waals surface area contributed by atoms with Crippen LogP contribution in [0.3, 0.4) is 0 Å². The molecule has 1 aliphatic heterocycles. The van der Waals surface area contributed by atoms with Gasteiger partial charge < -0.3 is 4.90 Å². The molecule has 0 fully saturated rings. The van der Waals surface area contributed by atoms with Gasteiger partial charge >= 0.3 is 0 Å². The quantitative estimate of drug-likeness (QED) is 0.800. The van der Waals surface area contributed by atoms with Crippen molar-refractivity contribution in [2.45, 2.75) is 25.8 Å². The number of para-hydroxylation sites is 1. The molecule has 3 rings (SSSR count). The first-order valence-corrected chi connectivity index (χ1v) is 10.7. The highest BCUT2D eigenvalue weighted by Gasteiger charge is 2.34. The van der Waals surface area contributed by atoms with Gasteiger partial charge in [-0.05, 0) is 55.7 Å². The minimum atomic E-state index is -3.65. The van der Waals surface area contributed by atoms with Crippen LogP contribution in [-0.2, 0) is 21.2 Å². The summed E-state index contributed by atoms with van der Waals surface area (Å²) in [6.45, 7) is 2.20. The third-order valence-corrected chi connectivity index (χ3v) is 6.02. The Morgan fingerprint density at radius 1 is 1.15 bits per heavy atom. The average Bonchev–Trinajstić information content (AvgIpc) is 2.61. The monoisotopic (exact) mass is 392 g/mol. The Bertz CT molecular complexity index is 913. The second-order valence-electron chi connectivity index (χ2n) is 6.43. The Balaban J connectivity index is 1.96. The number of carbonyl (C=O) groups is 1. The van der Waals surface area contributed by atoms with E-state index in [0.717, 1.165) is 34.7 Å². The predicted octanol–water partition coefficient (Wildman–Crippen LogP) is 3.47. The number of nitrogens with zero attached hydrogens (tertiary/aromatic N) is 2. The number of aryl methyl sites for hydroxylation is 1. The lowest BCUT2D eigenvalue weighted by atomic mass is 10.0. The number of halogens is 1. The van der Waals surface area contributed by atoms with Crippen LogP contribution in [-0.4, -0.2) is 33.2 Å². The average molecular weight is 393 g/mol. The lowest BCUT2D eigenvalue weighted by Gasteiger charge is -2.35. The van der Waals surface area contributed by atoms with Crippen molar-refractivity contribution in [2.75, 3.05) is 22.0 Å². The van der Waals surface area contributed by atoms with Gasteiger partial charge in [-0.3, -0.25) is 9.10 Å². The minimum Gasteiger partial charge on any atom is -0.310 e. The predicted molar refractivity (Wildman–Crippen MR) is 105 cm³/mol. The first-order chi connectivity index (χ1) is 12.3. The molecule has 0 radical (unpaired) electrons. The lowest BCUT2D eigenvalue weighted by Crippen LogP contribution is -2.50. The number of carbonyl (C=O) groups excluding carboxylic acids is 1. The fraction of sp³-hybridized carbons (Fsp3) is 0.316. The molecule has 1 atom stereocenters. The molecule has 2 aromatic rings. The number of anilines is 2. The fourth-order valence-electron chi connectivity index (χ4n) is 3.38. The summed E-state index contributed by atoms with van der Waals surface area (Å²) in [6, 6.07) is 13.3. The van der Waals surface area contributed by atoms with Crippen LogP contribution in [0.2, 0.25) is 5.02 Å². The zero-order valence-electron chi connectivity index (χ0n) is 14.7. The van der Waals surface area contributed by atoms with Crippen LogP contribution in [0.15, 0.2) is 48.5 Å². The Morgan fingerprint density at radius 3 is 2.46 bits per heavy atom. The van der Waals surface area contributed by atoms with Crippen molar-refractivity contribution in [3.8, 4) is 0 Å². The van der Waals surface area contributed by atoms with Gasteiger partial charge in [-0.25, -0.2) is 8.42 Å². The summed E-state index contributed by atoms with van der Waals surface area (Å²) in [5.74, 6) is -0.238. The van der Waals surface area contributed by atoms with Gasteiger partial charge in [0.15, 0.2) is 0 Å². The van der Waals surface area contributed by atoms with E-state index in [9.17, 15) is 13.2 Å². The molecular formula is C19H21ClN2O3S. The zero-order chi connectivity index (χ0) is 18.9. The number of sulfonamides is 1. The molecule has 0 saturated heterocycles. The summed E-state index contributed by atoms with van der Waals surface area (Å²) >= 11 is 5.91. The van der Waals surface area contributed by atoms with Gasteiger partial charge in [-0.1, -0.05) is 29.8 Å². The van der Waals surface area contributed by atoms with Crippen molar-refractivity contribution in [3.63, 3.8) is 0 Å². The molecule has 0 spiro atoms. The maximum absolute atomic E-state index is 13.2. The largest absolute Gasteiger partial charge is 0.310 e. The van der Waals surface area contributed by atoms with E-state index in [1.54, 1.807) is 36.1 Å². The van der Waals surface area contributed by atoms with E-state index in [0.29, 0.717) is 17.3 Å². The van der Waals surface area contributed by atoms with Gasteiger partial charge in [0.1, 0.15) is 6.04 Å². The SMILES string of the molecule is C[C@H](C(=O)N1CCCc2ccccc21)N(c1ccc(Cl)cc1)S(C)(=O)=O. The molecule has 26 heavy (non-hydrogen) atoms. The van der Waals surface area contributed by atoms with E-state index in [1.807, 2.05) is 24.3 Å². The Hall–Kier alpha value is -2.05. The van der Waals surface area contributed by atoms with Crippen molar-refractivity contribution < 1.29 is 13.2 Å². The van der Waals surface area contributed by atoms with Crippen LogP contribution in [0, 0.1) is 0 Å². The first-order valence-electron chi connectivity index (χ1n) is 8.43. The number of fused-ring (bicyclic) bond motifs is 1. The smallest absolute Gasteiger partial charge is 0.250 e. The van der Waals surface area contributed by atoms with E-state index in [-0.39, 0.29) is 5.91 Å². The molecule has 0 unspecified atom stereocenters. The van der Waals surface area contributed by atoms with E-state index < -0.39 is 16.1 Å². The topological polar surface area (TPSA) is 57.7 Å². The Labute approximate surface area is 159 Å². The molecule has 2 aromatic carbocycles. The van der Waals surface area contributed by atoms with Crippen molar-refractivity contribution in [1.82, 2.24) is 0 Å². The number of benzene rings is 2. The molecule has 1 aliphatic rings. The molecule has 5 nitrogen and oxygen atoms in total. The van der Waals surface area contributed by atoms with Gasteiger partial charge in [0.25, 0.3) is 5.91 Å². The highest BCUT2D eigenvalue weighted by molar-refractivity contribution is 7.92. The van der Waals surface area contributed by atoms with Gasteiger partial charge in [0, 0.05) is 17.3 Å². The molecule has 1 heterocycles. The lowest BCUT2D eigenvalue weighted by molar-refractivity contribution is -0.119. The molecule has 0 N–H and O–H groups in total. The van der Waals surface area contributed by atoms with Crippen molar-refractivity contribution >= 4 is 38.9 Å². The summed E-state index contributed by atoms with van der Waals surface area (Å²) in [5.41, 5.74) is 2.39. The van der Waals surface area contributed by atoms with Crippen LogP contribution in [0.4, 0.5) is 11.4 Å².